The Kier molecular flexibility index (Phi) is 7.14. The summed E-state index contributed by atoms with van der Waals surface area (Å²) in [6, 6.07) is 8.28. The summed E-state index contributed by atoms with van der Waals surface area (Å²) in [5.74, 6) is -1.37. The summed E-state index contributed by atoms with van der Waals surface area (Å²) >= 11 is 0. The highest BCUT2D eigenvalue weighted by molar-refractivity contribution is 5.92. The highest BCUT2D eigenvalue weighted by Gasteiger charge is 2.18. The molecule has 2 N–H and O–H groups in total. The Hall–Kier alpha value is -3.16. The van der Waals surface area contributed by atoms with E-state index in [9.17, 15) is 18.4 Å². The molecule has 2 aromatic carbocycles. The van der Waals surface area contributed by atoms with Gasteiger partial charge in [-0.05, 0) is 63.1 Å². The lowest BCUT2D eigenvalue weighted by molar-refractivity contribution is -0.116. The Labute approximate surface area is 168 Å². The third-order valence-corrected chi connectivity index (χ3v) is 3.74. The lowest BCUT2D eigenvalue weighted by atomic mass is 10.1. The highest BCUT2D eigenvalue weighted by Crippen LogP contribution is 2.22. The van der Waals surface area contributed by atoms with Crippen LogP contribution in [0.5, 0.6) is 5.75 Å². The fourth-order valence-corrected chi connectivity index (χ4v) is 2.46. The van der Waals surface area contributed by atoms with Gasteiger partial charge in [-0.25, -0.2) is 13.6 Å². The van der Waals surface area contributed by atoms with Crippen LogP contribution < -0.4 is 15.4 Å². The molecule has 0 atom stereocenters. The van der Waals surface area contributed by atoms with Gasteiger partial charge in [-0.1, -0.05) is 6.07 Å². The van der Waals surface area contributed by atoms with Crippen LogP contribution >= 0.6 is 0 Å². The summed E-state index contributed by atoms with van der Waals surface area (Å²) in [4.78, 5) is 24.0. The zero-order valence-corrected chi connectivity index (χ0v) is 16.8. The molecule has 0 heterocycles. The number of ether oxygens (including phenoxy) is 2. The van der Waals surface area contributed by atoms with Crippen LogP contribution in [-0.4, -0.2) is 24.7 Å². The number of benzene rings is 2. The molecule has 0 unspecified atom stereocenters. The first-order valence-electron chi connectivity index (χ1n) is 8.99. The van der Waals surface area contributed by atoms with Crippen molar-refractivity contribution < 1.29 is 27.8 Å². The lowest BCUT2D eigenvalue weighted by Crippen LogP contribution is -2.27. The molecule has 2 aromatic rings. The van der Waals surface area contributed by atoms with Gasteiger partial charge in [-0.2, -0.15) is 0 Å². The standard InChI is InChI=1S/C21H24F2N2O4/c1-21(2,3)29-20(27)25-17-12-14(7-8-15(17)22)24-19(26)10-6-13-5-9-18(28-4)16(23)11-13/h5,7-9,11-12H,6,10H2,1-4H3,(H,24,26)(H,25,27). The molecule has 29 heavy (non-hydrogen) atoms. The largest absolute Gasteiger partial charge is 0.494 e. The molecule has 0 aliphatic rings. The predicted octanol–water partition coefficient (Wildman–Crippen LogP) is 4.89. The van der Waals surface area contributed by atoms with Crippen LogP contribution in [0.2, 0.25) is 0 Å². The minimum atomic E-state index is -0.804. The molecule has 2 rings (SSSR count). The molecule has 0 aliphatic carbocycles. The van der Waals surface area contributed by atoms with Gasteiger partial charge in [0.25, 0.3) is 0 Å². The van der Waals surface area contributed by atoms with E-state index in [1.54, 1.807) is 26.8 Å². The fraction of sp³-hybridized carbons (Fsp3) is 0.333. The summed E-state index contributed by atoms with van der Waals surface area (Å²) in [7, 11) is 1.38. The molecule has 156 valence electrons. The maximum Gasteiger partial charge on any atom is 0.412 e. The number of halogens is 2. The number of hydrogen-bond donors (Lipinski definition) is 2. The van der Waals surface area contributed by atoms with Crippen LogP contribution in [0, 0.1) is 11.6 Å². The van der Waals surface area contributed by atoms with E-state index in [2.05, 4.69) is 10.6 Å². The van der Waals surface area contributed by atoms with Gasteiger partial charge in [-0.15, -0.1) is 0 Å². The zero-order chi connectivity index (χ0) is 21.6. The molecule has 8 heteroatoms. The van der Waals surface area contributed by atoms with Gasteiger partial charge in [0.1, 0.15) is 11.4 Å². The maximum atomic E-state index is 13.9. The molecule has 0 fully saturated rings. The number of aryl methyl sites for hydroxylation is 1. The smallest absolute Gasteiger partial charge is 0.412 e. The number of amides is 2. The van der Waals surface area contributed by atoms with E-state index in [4.69, 9.17) is 9.47 Å². The Bertz CT molecular complexity index is 895. The second-order valence-corrected chi connectivity index (χ2v) is 7.34. The summed E-state index contributed by atoms with van der Waals surface area (Å²) in [5, 5.41) is 4.94. The van der Waals surface area contributed by atoms with E-state index >= 15 is 0 Å². The molecular formula is C21H24F2N2O4. The van der Waals surface area contributed by atoms with Crippen molar-refractivity contribution in [1.82, 2.24) is 0 Å². The quantitative estimate of drug-likeness (QED) is 0.716. The summed E-state index contributed by atoms with van der Waals surface area (Å²) in [5.41, 5.74) is 0.107. The predicted molar refractivity (Wildman–Crippen MR) is 106 cm³/mol. The highest BCUT2D eigenvalue weighted by atomic mass is 19.1. The van der Waals surface area contributed by atoms with Crippen molar-refractivity contribution in [1.29, 1.82) is 0 Å². The number of methoxy groups -OCH3 is 1. The number of hydrogen-bond acceptors (Lipinski definition) is 4. The molecule has 0 bridgehead atoms. The molecule has 0 aromatic heterocycles. The summed E-state index contributed by atoms with van der Waals surface area (Å²) in [6.45, 7) is 5.07. The van der Waals surface area contributed by atoms with Crippen LogP contribution in [0.3, 0.4) is 0 Å². The molecule has 0 saturated carbocycles. The normalized spacial score (nSPS) is 11.0. The summed E-state index contributed by atoms with van der Waals surface area (Å²) < 4.78 is 37.6. The average molecular weight is 406 g/mol. The van der Waals surface area contributed by atoms with Crippen molar-refractivity contribution >= 4 is 23.4 Å². The Morgan fingerprint density at radius 1 is 1.00 bits per heavy atom. The number of rotatable bonds is 6. The minimum Gasteiger partial charge on any atom is -0.494 e. The van der Waals surface area contributed by atoms with Crippen molar-refractivity contribution in [2.45, 2.75) is 39.2 Å². The molecular weight excluding hydrogens is 382 g/mol. The van der Waals surface area contributed by atoms with E-state index in [0.29, 0.717) is 17.7 Å². The molecule has 6 nitrogen and oxygen atoms in total. The zero-order valence-electron chi connectivity index (χ0n) is 16.8. The maximum absolute atomic E-state index is 13.9. The Balaban J connectivity index is 1.96. The fourth-order valence-electron chi connectivity index (χ4n) is 2.46. The van der Waals surface area contributed by atoms with E-state index < -0.39 is 23.3 Å². The van der Waals surface area contributed by atoms with Crippen molar-refractivity contribution in [2.24, 2.45) is 0 Å². The monoisotopic (exact) mass is 406 g/mol. The van der Waals surface area contributed by atoms with Crippen molar-refractivity contribution in [3.05, 3.63) is 53.6 Å². The van der Waals surface area contributed by atoms with E-state index in [-0.39, 0.29) is 23.8 Å². The SMILES string of the molecule is COc1ccc(CCC(=O)Nc2ccc(F)c(NC(=O)OC(C)(C)C)c2)cc1F. The van der Waals surface area contributed by atoms with Crippen LogP contribution in [0.4, 0.5) is 25.0 Å². The first kappa shape index (κ1) is 22.1. The van der Waals surface area contributed by atoms with E-state index in [0.717, 1.165) is 6.07 Å². The van der Waals surface area contributed by atoms with Crippen molar-refractivity contribution in [2.75, 3.05) is 17.7 Å². The molecule has 0 saturated heterocycles. The van der Waals surface area contributed by atoms with Crippen molar-refractivity contribution in [3.8, 4) is 5.75 Å². The third kappa shape index (κ3) is 7.06. The molecule has 2 amide bonds. The van der Waals surface area contributed by atoms with Gasteiger partial charge in [-0.3, -0.25) is 10.1 Å². The van der Waals surface area contributed by atoms with E-state index in [1.165, 1.54) is 31.4 Å². The number of nitrogens with one attached hydrogen (secondary N) is 2. The minimum absolute atomic E-state index is 0.0952. The number of carbonyl (C=O) groups excluding carboxylic acids is 2. The van der Waals surface area contributed by atoms with Gasteiger partial charge in [0.2, 0.25) is 5.91 Å². The van der Waals surface area contributed by atoms with Crippen LogP contribution in [-0.2, 0) is 16.0 Å². The van der Waals surface area contributed by atoms with Gasteiger partial charge < -0.3 is 14.8 Å². The van der Waals surface area contributed by atoms with Gasteiger partial charge >= 0.3 is 6.09 Å². The van der Waals surface area contributed by atoms with Gasteiger partial charge in [0.05, 0.1) is 12.8 Å². The number of anilines is 2. The van der Waals surface area contributed by atoms with Crippen LogP contribution in [0.15, 0.2) is 36.4 Å². The first-order chi connectivity index (χ1) is 13.6. The second-order valence-electron chi connectivity index (χ2n) is 7.34. The Morgan fingerprint density at radius 3 is 2.34 bits per heavy atom. The van der Waals surface area contributed by atoms with E-state index in [1.807, 2.05) is 0 Å². The van der Waals surface area contributed by atoms with Gasteiger partial charge in [0, 0.05) is 12.1 Å². The molecule has 0 radical (unpaired) electrons. The van der Waals surface area contributed by atoms with Crippen molar-refractivity contribution in [3.63, 3.8) is 0 Å². The topological polar surface area (TPSA) is 76.7 Å². The lowest BCUT2D eigenvalue weighted by Gasteiger charge is -2.20. The van der Waals surface area contributed by atoms with Crippen LogP contribution in [0.1, 0.15) is 32.8 Å². The summed E-state index contributed by atoms with van der Waals surface area (Å²) in [6.07, 6.45) is -0.393. The Morgan fingerprint density at radius 2 is 1.72 bits per heavy atom. The van der Waals surface area contributed by atoms with Crippen LogP contribution in [0.25, 0.3) is 0 Å². The third-order valence-electron chi connectivity index (χ3n) is 3.74. The number of carbonyl (C=O) groups is 2. The first-order valence-corrected chi connectivity index (χ1v) is 8.99. The second kappa shape index (κ2) is 9.36. The average Bonchev–Trinajstić information content (AvgIpc) is 2.61. The molecule has 0 spiro atoms. The van der Waals surface area contributed by atoms with Gasteiger partial charge in [0.15, 0.2) is 11.6 Å². The molecule has 0 aliphatic heterocycles.